The molecular formula is C9H8N2O2. The first-order chi connectivity index (χ1) is 6.19. The van der Waals surface area contributed by atoms with Crippen LogP contribution >= 0.6 is 0 Å². The van der Waals surface area contributed by atoms with Gasteiger partial charge in [-0.2, -0.15) is 5.26 Å². The number of ether oxygens (including phenoxy) is 1. The molecule has 1 aromatic heterocycles. The number of carbonyl (C=O) groups is 1. The number of rotatable bonds is 1. The van der Waals surface area contributed by atoms with E-state index in [1.807, 2.05) is 6.07 Å². The van der Waals surface area contributed by atoms with Crippen LogP contribution in [0.4, 0.5) is 0 Å². The largest absolute Gasteiger partial charge is 0.465 e. The topological polar surface area (TPSA) is 63.0 Å². The van der Waals surface area contributed by atoms with Crippen LogP contribution in [0, 0.1) is 18.3 Å². The average molecular weight is 176 g/mol. The molecular weight excluding hydrogens is 168 g/mol. The quantitative estimate of drug-likeness (QED) is 0.600. The average Bonchev–Trinajstić information content (AvgIpc) is 2.16. The Balaban J connectivity index is 3.11. The molecule has 1 aromatic rings. The summed E-state index contributed by atoms with van der Waals surface area (Å²) in [4.78, 5) is 14.8. The van der Waals surface area contributed by atoms with Crippen LogP contribution in [0.15, 0.2) is 12.3 Å². The Labute approximate surface area is 75.8 Å². The molecule has 66 valence electrons. The zero-order valence-electron chi connectivity index (χ0n) is 7.37. The number of esters is 1. The van der Waals surface area contributed by atoms with E-state index in [2.05, 4.69) is 9.72 Å². The van der Waals surface area contributed by atoms with E-state index in [0.717, 1.165) is 0 Å². The second kappa shape index (κ2) is 3.68. The first-order valence-corrected chi connectivity index (χ1v) is 3.64. The Hall–Kier alpha value is -1.89. The van der Waals surface area contributed by atoms with E-state index < -0.39 is 5.97 Å². The van der Waals surface area contributed by atoms with Gasteiger partial charge in [-0.05, 0) is 18.6 Å². The number of nitriles is 1. The minimum atomic E-state index is -0.444. The maximum Gasteiger partial charge on any atom is 0.339 e. The van der Waals surface area contributed by atoms with Crippen LogP contribution < -0.4 is 0 Å². The monoisotopic (exact) mass is 176 g/mol. The summed E-state index contributed by atoms with van der Waals surface area (Å²) in [5, 5.41) is 8.58. The summed E-state index contributed by atoms with van der Waals surface area (Å²) in [7, 11) is 1.30. The standard InChI is InChI=1S/C9H8N2O2/c1-6-3-7(9(12)13-2)5-11-8(6)4-10/h3,5H,1-2H3. The van der Waals surface area contributed by atoms with Gasteiger partial charge < -0.3 is 4.74 Å². The smallest absolute Gasteiger partial charge is 0.339 e. The van der Waals surface area contributed by atoms with E-state index in [4.69, 9.17) is 5.26 Å². The minimum Gasteiger partial charge on any atom is -0.465 e. The van der Waals surface area contributed by atoms with E-state index >= 15 is 0 Å². The lowest BCUT2D eigenvalue weighted by atomic mass is 10.1. The SMILES string of the molecule is COC(=O)c1cnc(C#N)c(C)c1. The van der Waals surface area contributed by atoms with Gasteiger partial charge in [0.15, 0.2) is 0 Å². The Kier molecular flexibility index (Phi) is 2.60. The minimum absolute atomic E-state index is 0.327. The van der Waals surface area contributed by atoms with Crippen LogP contribution in [-0.2, 0) is 4.74 Å². The summed E-state index contributed by atoms with van der Waals surface area (Å²) >= 11 is 0. The van der Waals surface area contributed by atoms with Crippen LogP contribution in [0.5, 0.6) is 0 Å². The fourth-order valence-corrected chi connectivity index (χ4v) is 0.921. The molecule has 0 bridgehead atoms. The number of aromatic nitrogens is 1. The van der Waals surface area contributed by atoms with Gasteiger partial charge in [-0.15, -0.1) is 0 Å². The molecule has 0 spiro atoms. The maximum atomic E-state index is 11.0. The number of hydrogen-bond acceptors (Lipinski definition) is 4. The third kappa shape index (κ3) is 1.82. The number of methoxy groups -OCH3 is 1. The normalized spacial score (nSPS) is 9.00. The molecule has 0 aliphatic carbocycles. The van der Waals surface area contributed by atoms with Gasteiger partial charge in [-0.1, -0.05) is 0 Å². The molecule has 0 unspecified atom stereocenters. The fraction of sp³-hybridized carbons (Fsp3) is 0.222. The molecule has 4 nitrogen and oxygen atoms in total. The summed E-state index contributed by atoms with van der Waals surface area (Å²) in [5.74, 6) is -0.444. The lowest BCUT2D eigenvalue weighted by Crippen LogP contribution is -2.03. The highest BCUT2D eigenvalue weighted by Gasteiger charge is 2.07. The zero-order chi connectivity index (χ0) is 9.84. The molecule has 0 saturated heterocycles. The van der Waals surface area contributed by atoms with Crippen LogP contribution in [0.3, 0.4) is 0 Å². The Bertz CT molecular complexity index is 380. The van der Waals surface area contributed by atoms with Crippen molar-refractivity contribution in [1.29, 1.82) is 5.26 Å². The molecule has 1 rings (SSSR count). The predicted molar refractivity (Wildman–Crippen MR) is 45.0 cm³/mol. The van der Waals surface area contributed by atoms with Gasteiger partial charge in [0.1, 0.15) is 11.8 Å². The molecule has 0 aliphatic rings. The highest BCUT2D eigenvalue weighted by atomic mass is 16.5. The van der Waals surface area contributed by atoms with Crippen LogP contribution in [-0.4, -0.2) is 18.1 Å². The van der Waals surface area contributed by atoms with E-state index in [1.54, 1.807) is 13.0 Å². The van der Waals surface area contributed by atoms with E-state index in [0.29, 0.717) is 16.8 Å². The molecule has 0 aliphatic heterocycles. The summed E-state index contributed by atoms with van der Waals surface area (Å²) in [6, 6.07) is 3.50. The third-order valence-corrected chi connectivity index (χ3v) is 1.61. The third-order valence-electron chi connectivity index (χ3n) is 1.61. The molecule has 0 N–H and O–H groups in total. The Morgan fingerprint density at radius 3 is 2.85 bits per heavy atom. The number of pyridine rings is 1. The highest BCUT2D eigenvalue weighted by Crippen LogP contribution is 2.07. The van der Waals surface area contributed by atoms with Gasteiger partial charge in [0, 0.05) is 6.20 Å². The Morgan fingerprint density at radius 1 is 1.69 bits per heavy atom. The number of aryl methyl sites for hydroxylation is 1. The molecule has 13 heavy (non-hydrogen) atoms. The zero-order valence-corrected chi connectivity index (χ0v) is 7.37. The molecule has 0 amide bonds. The predicted octanol–water partition coefficient (Wildman–Crippen LogP) is 1.05. The van der Waals surface area contributed by atoms with Gasteiger partial charge in [0.25, 0.3) is 0 Å². The van der Waals surface area contributed by atoms with E-state index in [1.165, 1.54) is 13.3 Å². The molecule has 0 aromatic carbocycles. The van der Waals surface area contributed by atoms with Crippen molar-refractivity contribution in [2.24, 2.45) is 0 Å². The van der Waals surface area contributed by atoms with Gasteiger partial charge >= 0.3 is 5.97 Å². The number of nitrogens with zero attached hydrogens (tertiary/aromatic N) is 2. The van der Waals surface area contributed by atoms with Crippen LogP contribution in [0.2, 0.25) is 0 Å². The van der Waals surface area contributed by atoms with Crippen molar-refractivity contribution in [2.75, 3.05) is 7.11 Å². The first-order valence-electron chi connectivity index (χ1n) is 3.64. The lowest BCUT2D eigenvalue weighted by molar-refractivity contribution is 0.0600. The summed E-state index contributed by atoms with van der Waals surface area (Å²) < 4.78 is 4.50. The second-order valence-electron chi connectivity index (χ2n) is 2.49. The van der Waals surface area contributed by atoms with Gasteiger partial charge in [0.05, 0.1) is 12.7 Å². The van der Waals surface area contributed by atoms with Crippen molar-refractivity contribution < 1.29 is 9.53 Å². The first kappa shape index (κ1) is 9.20. The van der Waals surface area contributed by atoms with Crippen LogP contribution in [0.25, 0.3) is 0 Å². The Morgan fingerprint density at radius 2 is 2.38 bits per heavy atom. The highest BCUT2D eigenvalue weighted by molar-refractivity contribution is 5.89. The van der Waals surface area contributed by atoms with E-state index in [-0.39, 0.29) is 0 Å². The van der Waals surface area contributed by atoms with Crippen molar-refractivity contribution in [3.8, 4) is 6.07 Å². The van der Waals surface area contributed by atoms with E-state index in [9.17, 15) is 4.79 Å². The van der Waals surface area contributed by atoms with Crippen molar-refractivity contribution in [1.82, 2.24) is 4.98 Å². The van der Waals surface area contributed by atoms with Gasteiger partial charge in [-0.3, -0.25) is 0 Å². The molecule has 0 fully saturated rings. The van der Waals surface area contributed by atoms with Gasteiger partial charge in [0.2, 0.25) is 0 Å². The number of carbonyl (C=O) groups excluding carboxylic acids is 1. The lowest BCUT2D eigenvalue weighted by Gasteiger charge is -2.00. The molecule has 0 radical (unpaired) electrons. The maximum absolute atomic E-state index is 11.0. The second-order valence-corrected chi connectivity index (χ2v) is 2.49. The van der Waals surface area contributed by atoms with Gasteiger partial charge in [-0.25, -0.2) is 9.78 Å². The fourth-order valence-electron chi connectivity index (χ4n) is 0.921. The van der Waals surface area contributed by atoms with Crippen molar-refractivity contribution in [2.45, 2.75) is 6.92 Å². The van der Waals surface area contributed by atoms with Crippen molar-refractivity contribution in [3.63, 3.8) is 0 Å². The summed E-state index contributed by atoms with van der Waals surface area (Å²) in [6.45, 7) is 1.72. The van der Waals surface area contributed by atoms with Crippen molar-refractivity contribution >= 4 is 5.97 Å². The van der Waals surface area contributed by atoms with Crippen molar-refractivity contribution in [3.05, 3.63) is 29.1 Å². The summed E-state index contributed by atoms with van der Waals surface area (Å²) in [5.41, 5.74) is 1.36. The summed E-state index contributed by atoms with van der Waals surface area (Å²) in [6.07, 6.45) is 1.33. The molecule has 1 heterocycles. The molecule has 4 heteroatoms. The molecule has 0 saturated carbocycles. The van der Waals surface area contributed by atoms with Crippen LogP contribution in [0.1, 0.15) is 21.6 Å². The molecule has 0 atom stereocenters. The number of hydrogen-bond donors (Lipinski definition) is 0.